The molecule has 3 rings (SSSR count). The number of thiophene rings is 1. The quantitative estimate of drug-likeness (QED) is 0.696. The Balaban J connectivity index is 2.15. The van der Waals surface area contributed by atoms with Crippen LogP contribution in [0.5, 0.6) is 0 Å². The molecule has 0 atom stereocenters. The van der Waals surface area contributed by atoms with E-state index in [1.165, 1.54) is 11.3 Å². The molecule has 3 aromatic rings. The van der Waals surface area contributed by atoms with E-state index in [0.717, 1.165) is 16.0 Å². The molecule has 0 spiro atoms. The summed E-state index contributed by atoms with van der Waals surface area (Å²) in [5.41, 5.74) is 2.03. The molecule has 4 nitrogen and oxygen atoms in total. The fourth-order valence-corrected chi connectivity index (χ4v) is 2.44. The second-order valence-electron chi connectivity index (χ2n) is 3.37. The number of rotatable bonds is 2. The summed E-state index contributed by atoms with van der Waals surface area (Å²) >= 11 is 1.46. The molecule has 84 valence electrons. The van der Waals surface area contributed by atoms with Crippen molar-refractivity contribution in [2.45, 2.75) is 0 Å². The van der Waals surface area contributed by atoms with Gasteiger partial charge in [0.2, 0.25) is 0 Å². The van der Waals surface area contributed by atoms with Gasteiger partial charge < -0.3 is 4.42 Å². The zero-order valence-corrected chi connectivity index (χ0v) is 9.44. The van der Waals surface area contributed by atoms with E-state index in [9.17, 15) is 4.79 Å². The third-order valence-corrected chi connectivity index (χ3v) is 3.23. The van der Waals surface area contributed by atoms with E-state index >= 15 is 0 Å². The molecule has 0 bridgehead atoms. The Morgan fingerprint density at radius 1 is 1.12 bits per heavy atom. The van der Waals surface area contributed by atoms with E-state index in [1.54, 1.807) is 0 Å². The van der Waals surface area contributed by atoms with Crippen LogP contribution in [0.15, 0.2) is 55.5 Å². The van der Waals surface area contributed by atoms with E-state index in [0.29, 0.717) is 0 Å². The van der Waals surface area contributed by atoms with Crippen molar-refractivity contribution in [2.24, 2.45) is 0 Å². The van der Waals surface area contributed by atoms with E-state index < -0.39 is 5.82 Å². The Labute approximate surface area is 100 Å². The lowest BCUT2D eigenvalue weighted by atomic mass is 10.1. The van der Waals surface area contributed by atoms with E-state index in [-0.39, 0.29) is 5.89 Å². The molecule has 2 heterocycles. The van der Waals surface area contributed by atoms with Crippen molar-refractivity contribution in [1.82, 2.24) is 5.16 Å². The number of hydrogen-bond donors (Lipinski definition) is 0. The third-order valence-electron chi connectivity index (χ3n) is 2.33. The SMILES string of the molecule is O=c1onc(-c2sccc2-c2ccccc2)o1. The van der Waals surface area contributed by atoms with Crippen molar-refractivity contribution in [1.29, 1.82) is 0 Å². The first-order valence-corrected chi connectivity index (χ1v) is 5.82. The van der Waals surface area contributed by atoms with Crippen molar-refractivity contribution in [3.05, 3.63) is 52.4 Å². The maximum absolute atomic E-state index is 10.8. The summed E-state index contributed by atoms with van der Waals surface area (Å²) < 4.78 is 9.28. The minimum absolute atomic E-state index is 0.226. The average Bonchev–Trinajstić information content (AvgIpc) is 2.98. The summed E-state index contributed by atoms with van der Waals surface area (Å²) in [6, 6.07) is 11.8. The second kappa shape index (κ2) is 4.03. The monoisotopic (exact) mass is 245 g/mol. The molecule has 0 aliphatic heterocycles. The summed E-state index contributed by atoms with van der Waals surface area (Å²) in [5.74, 6) is -0.559. The fourth-order valence-electron chi connectivity index (χ4n) is 1.60. The third kappa shape index (κ3) is 1.81. The van der Waals surface area contributed by atoms with Gasteiger partial charge in [-0.3, -0.25) is 4.52 Å². The van der Waals surface area contributed by atoms with Crippen LogP contribution in [0.3, 0.4) is 0 Å². The Hall–Kier alpha value is -2.14. The molecule has 0 unspecified atom stereocenters. The highest BCUT2D eigenvalue weighted by atomic mass is 32.1. The molecule has 0 saturated carbocycles. The summed E-state index contributed by atoms with van der Waals surface area (Å²) in [6.45, 7) is 0. The minimum Gasteiger partial charge on any atom is -0.369 e. The number of benzene rings is 1. The fraction of sp³-hybridized carbons (Fsp3) is 0. The van der Waals surface area contributed by atoms with Crippen LogP contribution in [-0.2, 0) is 0 Å². The summed E-state index contributed by atoms with van der Waals surface area (Å²) in [5, 5.41) is 5.52. The first-order valence-electron chi connectivity index (χ1n) is 4.95. The van der Waals surface area contributed by atoms with Crippen molar-refractivity contribution in [3.63, 3.8) is 0 Å². The first-order chi connectivity index (χ1) is 8.34. The molecule has 0 aliphatic carbocycles. The Kier molecular flexibility index (Phi) is 2.38. The van der Waals surface area contributed by atoms with Gasteiger partial charge in [-0.05, 0) is 22.2 Å². The molecule has 1 aromatic carbocycles. The molecule has 17 heavy (non-hydrogen) atoms. The normalized spacial score (nSPS) is 10.6. The highest BCUT2D eigenvalue weighted by Crippen LogP contribution is 2.35. The van der Waals surface area contributed by atoms with Gasteiger partial charge in [0.05, 0.1) is 0 Å². The summed E-state index contributed by atoms with van der Waals surface area (Å²) in [6.07, 6.45) is 0. The number of aromatic nitrogens is 1. The highest BCUT2D eigenvalue weighted by Gasteiger charge is 2.14. The van der Waals surface area contributed by atoms with Crippen LogP contribution in [-0.4, -0.2) is 5.16 Å². The van der Waals surface area contributed by atoms with Gasteiger partial charge in [0.25, 0.3) is 5.89 Å². The van der Waals surface area contributed by atoms with Gasteiger partial charge in [0.1, 0.15) is 4.88 Å². The van der Waals surface area contributed by atoms with E-state index in [2.05, 4.69) is 9.68 Å². The van der Waals surface area contributed by atoms with Gasteiger partial charge in [-0.2, -0.15) is 0 Å². The lowest BCUT2D eigenvalue weighted by Gasteiger charge is -1.99. The predicted octanol–water partition coefficient (Wildman–Crippen LogP) is 3.02. The maximum atomic E-state index is 10.8. The second-order valence-corrected chi connectivity index (χ2v) is 4.29. The van der Waals surface area contributed by atoms with Crippen LogP contribution >= 0.6 is 11.3 Å². The molecule has 0 N–H and O–H groups in total. The highest BCUT2D eigenvalue weighted by molar-refractivity contribution is 7.14. The van der Waals surface area contributed by atoms with Gasteiger partial charge >= 0.3 is 5.82 Å². The zero-order chi connectivity index (χ0) is 11.7. The van der Waals surface area contributed by atoms with Gasteiger partial charge in [-0.1, -0.05) is 30.3 Å². The van der Waals surface area contributed by atoms with Crippen molar-refractivity contribution in [2.75, 3.05) is 0 Å². The lowest BCUT2D eigenvalue weighted by molar-refractivity contribution is 0.335. The van der Waals surface area contributed by atoms with Gasteiger partial charge in [-0.15, -0.1) is 11.3 Å². The van der Waals surface area contributed by atoms with Gasteiger partial charge in [-0.25, -0.2) is 4.79 Å². The molecule has 2 aromatic heterocycles. The maximum Gasteiger partial charge on any atom is 0.542 e. The molecule has 0 saturated heterocycles. The van der Waals surface area contributed by atoms with Crippen LogP contribution in [0, 0.1) is 0 Å². The van der Waals surface area contributed by atoms with E-state index in [1.807, 2.05) is 41.8 Å². The van der Waals surface area contributed by atoms with E-state index in [4.69, 9.17) is 4.42 Å². The molecule has 0 radical (unpaired) electrons. The largest absolute Gasteiger partial charge is 0.542 e. The van der Waals surface area contributed by atoms with Crippen LogP contribution in [0.2, 0.25) is 0 Å². The van der Waals surface area contributed by atoms with Gasteiger partial charge in [0, 0.05) is 5.56 Å². The Morgan fingerprint density at radius 3 is 2.65 bits per heavy atom. The Bertz CT molecular complexity index is 681. The average molecular weight is 245 g/mol. The van der Waals surface area contributed by atoms with Crippen molar-refractivity contribution < 1.29 is 8.94 Å². The zero-order valence-electron chi connectivity index (χ0n) is 8.62. The van der Waals surface area contributed by atoms with Gasteiger partial charge in [0.15, 0.2) is 0 Å². The summed E-state index contributed by atoms with van der Waals surface area (Å²) in [7, 11) is 0. The van der Waals surface area contributed by atoms with Crippen LogP contribution in [0.4, 0.5) is 0 Å². The Morgan fingerprint density at radius 2 is 1.94 bits per heavy atom. The first kappa shape index (κ1) is 10.0. The molecule has 5 heteroatoms. The van der Waals surface area contributed by atoms with Crippen LogP contribution in [0.25, 0.3) is 21.9 Å². The van der Waals surface area contributed by atoms with Crippen LogP contribution in [0.1, 0.15) is 0 Å². The molecule has 0 fully saturated rings. The predicted molar refractivity (Wildman–Crippen MR) is 63.8 cm³/mol. The standard InChI is InChI=1S/C12H7NO3S/c14-12-15-11(13-16-12)10-9(6-7-17-10)8-4-2-1-3-5-8/h1-7H. The molecule has 0 amide bonds. The number of nitrogens with zero attached hydrogens (tertiary/aromatic N) is 1. The van der Waals surface area contributed by atoms with Crippen molar-refractivity contribution >= 4 is 11.3 Å². The molecular weight excluding hydrogens is 238 g/mol. The van der Waals surface area contributed by atoms with Crippen LogP contribution < -0.4 is 5.82 Å². The molecule has 0 aliphatic rings. The minimum atomic E-state index is -0.785. The number of hydrogen-bond acceptors (Lipinski definition) is 5. The topological polar surface area (TPSA) is 56.2 Å². The molecular formula is C12H7NO3S. The smallest absolute Gasteiger partial charge is 0.369 e. The van der Waals surface area contributed by atoms with Crippen molar-refractivity contribution in [3.8, 4) is 21.9 Å². The lowest BCUT2D eigenvalue weighted by Crippen LogP contribution is -1.85. The summed E-state index contributed by atoms with van der Waals surface area (Å²) in [4.78, 5) is 11.6.